The first kappa shape index (κ1) is 10.6. The molecule has 15 heavy (non-hydrogen) atoms. The number of nitrogens with one attached hydrogen (secondary N) is 1. The van der Waals surface area contributed by atoms with E-state index in [1.165, 1.54) is 19.3 Å². The Morgan fingerprint density at radius 1 is 1.47 bits per heavy atom. The summed E-state index contributed by atoms with van der Waals surface area (Å²) in [6.45, 7) is 5.09. The summed E-state index contributed by atoms with van der Waals surface area (Å²) in [5.74, 6) is 1.92. The van der Waals surface area contributed by atoms with Crippen LogP contribution in [0.3, 0.4) is 0 Å². The highest BCUT2D eigenvalue weighted by molar-refractivity contribution is 4.92. The largest absolute Gasteiger partial charge is 0.339 e. The normalized spacial score (nSPS) is 17.0. The van der Waals surface area contributed by atoms with E-state index in [4.69, 9.17) is 4.52 Å². The Labute approximate surface area is 90.4 Å². The molecule has 0 amide bonds. The minimum absolute atomic E-state index is 0.349. The lowest BCUT2D eigenvalue weighted by atomic mass is 9.93. The Kier molecular flexibility index (Phi) is 3.36. The van der Waals surface area contributed by atoms with Crippen LogP contribution in [0.4, 0.5) is 0 Å². The number of rotatable bonds is 5. The van der Waals surface area contributed by atoms with Gasteiger partial charge in [-0.25, -0.2) is 0 Å². The molecule has 1 heterocycles. The van der Waals surface area contributed by atoms with Gasteiger partial charge in [0.25, 0.3) is 0 Å². The number of hydrogen-bond donors (Lipinski definition) is 1. The second-order valence-corrected chi connectivity index (χ2v) is 4.53. The molecule has 0 aromatic carbocycles. The maximum atomic E-state index is 5.16. The molecule has 0 atom stereocenters. The Morgan fingerprint density at radius 2 is 2.27 bits per heavy atom. The van der Waals surface area contributed by atoms with Gasteiger partial charge in [-0.3, -0.25) is 0 Å². The lowest BCUT2D eigenvalue weighted by molar-refractivity contribution is 0.327. The topological polar surface area (TPSA) is 51.0 Å². The second-order valence-electron chi connectivity index (χ2n) is 4.53. The van der Waals surface area contributed by atoms with E-state index in [1.54, 1.807) is 0 Å². The van der Waals surface area contributed by atoms with Crippen molar-refractivity contribution >= 4 is 0 Å². The Morgan fingerprint density at radius 3 is 2.80 bits per heavy atom. The van der Waals surface area contributed by atoms with Gasteiger partial charge in [0.05, 0.1) is 0 Å². The number of hydrogen-bond acceptors (Lipinski definition) is 4. The molecule has 1 aromatic rings. The monoisotopic (exact) mass is 209 g/mol. The van der Waals surface area contributed by atoms with E-state index in [9.17, 15) is 0 Å². The van der Waals surface area contributed by atoms with Crippen LogP contribution >= 0.6 is 0 Å². The quantitative estimate of drug-likeness (QED) is 0.804. The van der Waals surface area contributed by atoms with E-state index < -0.39 is 0 Å². The highest BCUT2D eigenvalue weighted by atomic mass is 16.5. The smallest absolute Gasteiger partial charge is 0.227 e. The van der Waals surface area contributed by atoms with Gasteiger partial charge in [0.1, 0.15) is 0 Å². The summed E-state index contributed by atoms with van der Waals surface area (Å²) in [5, 5.41) is 7.41. The van der Waals surface area contributed by atoms with Gasteiger partial charge in [0, 0.05) is 24.9 Å². The highest BCUT2D eigenvalue weighted by Gasteiger charge is 2.16. The fourth-order valence-electron chi connectivity index (χ4n) is 1.60. The van der Waals surface area contributed by atoms with Crippen LogP contribution in [0.15, 0.2) is 4.52 Å². The molecule has 0 aliphatic heterocycles. The maximum Gasteiger partial charge on any atom is 0.227 e. The zero-order valence-corrected chi connectivity index (χ0v) is 9.49. The van der Waals surface area contributed by atoms with Crippen LogP contribution in [-0.4, -0.2) is 22.7 Å². The summed E-state index contributed by atoms with van der Waals surface area (Å²) in [7, 11) is 0. The summed E-state index contributed by atoms with van der Waals surface area (Å²) >= 11 is 0. The number of aromatic nitrogens is 2. The second kappa shape index (κ2) is 4.75. The van der Waals surface area contributed by atoms with Crippen molar-refractivity contribution < 1.29 is 4.52 Å². The SMILES string of the molecule is CC(C)c1noc(CCNC2CCC2)n1. The van der Waals surface area contributed by atoms with Gasteiger partial charge in [-0.2, -0.15) is 4.98 Å². The molecule has 0 bridgehead atoms. The molecule has 1 aliphatic rings. The fourth-order valence-corrected chi connectivity index (χ4v) is 1.60. The van der Waals surface area contributed by atoms with Gasteiger partial charge in [-0.1, -0.05) is 25.4 Å². The molecule has 1 aromatic heterocycles. The molecule has 4 nitrogen and oxygen atoms in total. The fraction of sp³-hybridized carbons (Fsp3) is 0.818. The van der Waals surface area contributed by atoms with E-state index in [-0.39, 0.29) is 0 Å². The van der Waals surface area contributed by atoms with E-state index >= 15 is 0 Å². The maximum absolute atomic E-state index is 5.16. The molecule has 0 unspecified atom stereocenters. The summed E-state index contributed by atoms with van der Waals surface area (Å²) in [6.07, 6.45) is 4.86. The number of nitrogens with zero attached hydrogens (tertiary/aromatic N) is 2. The lowest BCUT2D eigenvalue weighted by Gasteiger charge is -2.26. The summed E-state index contributed by atoms with van der Waals surface area (Å²) < 4.78 is 5.16. The molecule has 1 fully saturated rings. The predicted molar refractivity (Wildman–Crippen MR) is 57.7 cm³/mol. The molecular weight excluding hydrogens is 190 g/mol. The first-order chi connectivity index (χ1) is 7.25. The highest BCUT2D eigenvalue weighted by Crippen LogP contribution is 2.17. The Balaban J connectivity index is 1.72. The van der Waals surface area contributed by atoms with Crippen LogP contribution in [0.1, 0.15) is 50.7 Å². The average molecular weight is 209 g/mol. The molecule has 84 valence electrons. The van der Waals surface area contributed by atoms with Crippen molar-refractivity contribution in [3.05, 3.63) is 11.7 Å². The van der Waals surface area contributed by atoms with Gasteiger partial charge in [-0.05, 0) is 12.8 Å². The van der Waals surface area contributed by atoms with Crippen LogP contribution in [0.2, 0.25) is 0 Å². The van der Waals surface area contributed by atoms with Crippen molar-refractivity contribution in [2.75, 3.05) is 6.54 Å². The van der Waals surface area contributed by atoms with Gasteiger partial charge >= 0.3 is 0 Å². The van der Waals surface area contributed by atoms with Crippen molar-refractivity contribution in [2.24, 2.45) is 0 Å². The predicted octanol–water partition coefficient (Wildman–Crippen LogP) is 1.88. The molecule has 1 N–H and O–H groups in total. The van der Waals surface area contributed by atoms with E-state index in [2.05, 4.69) is 29.3 Å². The first-order valence-electron chi connectivity index (χ1n) is 5.81. The van der Waals surface area contributed by atoms with E-state index in [1.807, 2.05) is 0 Å². The van der Waals surface area contributed by atoms with Crippen molar-refractivity contribution in [1.82, 2.24) is 15.5 Å². The molecule has 0 spiro atoms. The van der Waals surface area contributed by atoms with Crippen LogP contribution < -0.4 is 5.32 Å². The molecular formula is C11H19N3O. The third-order valence-electron chi connectivity index (χ3n) is 2.88. The van der Waals surface area contributed by atoms with Crippen molar-refractivity contribution in [1.29, 1.82) is 0 Å². The summed E-state index contributed by atoms with van der Waals surface area (Å²) in [4.78, 5) is 4.33. The summed E-state index contributed by atoms with van der Waals surface area (Å²) in [6, 6.07) is 0.734. The standard InChI is InChI=1S/C11H19N3O/c1-8(2)11-13-10(15-14-11)6-7-12-9-4-3-5-9/h8-9,12H,3-7H2,1-2H3. The third kappa shape index (κ3) is 2.78. The van der Waals surface area contributed by atoms with Gasteiger partial charge in [0.2, 0.25) is 5.89 Å². The first-order valence-corrected chi connectivity index (χ1v) is 5.81. The van der Waals surface area contributed by atoms with Crippen molar-refractivity contribution in [3.8, 4) is 0 Å². The minimum Gasteiger partial charge on any atom is -0.339 e. The van der Waals surface area contributed by atoms with Crippen LogP contribution in [0, 0.1) is 0 Å². The van der Waals surface area contributed by atoms with Gasteiger partial charge in [-0.15, -0.1) is 0 Å². The van der Waals surface area contributed by atoms with Crippen molar-refractivity contribution in [3.63, 3.8) is 0 Å². The van der Waals surface area contributed by atoms with Crippen LogP contribution in [0.25, 0.3) is 0 Å². The zero-order chi connectivity index (χ0) is 10.7. The minimum atomic E-state index is 0.349. The Hall–Kier alpha value is -0.900. The molecule has 4 heteroatoms. The van der Waals surface area contributed by atoms with E-state index in [0.29, 0.717) is 5.92 Å². The third-order valence-corrected chi connectivity index (χ3v) is 2.88. The van der Waals surface area contributed by atoms with E-state index in [0.717, 1.165) is 30.7 Å². The lowest BCUT2D eigenvalue weighted by Crippen LogP contribution is -2.36. The molecule has 2 rings (SSSR count). The zero-order valence-electron chi connectivity index (χ0n) is 9.49. The molecule has 0 saturated heterocycles. The van der Waals surface area contributed by atoms with Crippen LogP contribution in [-0.2, 0) is 6.42 Å². The summed E-state index contributed by atoms with van der Waals surface area (Å²) in [5.41, 5.74) is 0. The van der Waals surface area contributed by atoms with Gasteiger partial charge < -0.3 is 9.84 Å². The molecule has 1 aliphatic carbocycles. The Bertz CT molecular complexity index is 305. The van der Waals surface area contributed by atoms with Crippen molar-refractivity contribution in [2.45, 2.75) is 51.5 Å². The molecule has 0 radical (unpaired) electrons. The average Bonchev–Trinajstić information content (AvgIpc) is 2.57. The van der Waals surface area contributed by atoms with Gasteiger partial charge in [0.15, 0.2) is 5.82 Å². The van der Waals surface area contributed by atoms with Crippen LogP contribution in [0.5, 0.6) is 0 Å². The molecule has 1 saturated carbocycles.